The zero-order chi connectivity index (χ0) is 21.8. The van der Waals surface area contributed by atoms with Crippen molar-refractivity contribution in [2.24, 2.45) is 0 Å². The SMILES string of the molecule is Cc1ccc(OCCNC(=O)[C@H](C)N(c2cc(Cl)ccc2C)S(C)(=O)=O)cc1C. The Labute approximate surface area is 177 Å². The summed E-state index contributed by atoms with van der Waals surface area (Å²) >= 11 is 6.04. The van der Waals surface area contributed by atoms with Gasteiger partial charge in [-0.1, -0.05) is 23.7 Å². The van der Waals surface area contributed by atoms with E-state index in [-0.39, 0.29) is 13.2 Å². The second kappa shape index (κ2) is 9.50. The van der Waals surface area contributed by atoms with E-state index in [1.807, 2.05) is 32.0 Å². The Balaban J connectivity index is 2.04. The van der Waals surface area contributed by atoms with Crippen LogP contribution in [0.25, 0.3) is 0 Å². The van der Waals surface area contributed by atoms with Crippen LogP contribution < -0.4 is 14.4 Å². The van der Waals surface area contributed by atoms with Gasteiger partial charge in [-0.15, -0.1) is 0 Å². The number of sulfonamides is 1. The largest absolute Gasteiger partial charge is 0.492 e. The predicted molar refractivity (Wildman–Crippen MR) is 117 cm³/mol. The number of carbonyl (C=O) groups excluding carboxylic acids is 1. The summed E-state index contributed by atoms with van der Waals surface area (Å²) in [4.78, 5) is 12.6. The number of carbonyl (C=O) groups is 1. The summed E-state index contributed by atoms with van der Waals surface area (Å²) in [5, 5.41) is 3.13. The van der Waals surface area contributed by atoms with Crippen LogP contribution in [0.4, 0.5) is 5.69 Å². The van der Waals surface area contributed by atoms with Crippen molar-refractivity contribution < 1.29 is 17.9 Å². The molecule has 0 unspecified atom stereocenters. The summed E-state index contributed by atoms with van der Waals surface area (Å²) in [6.07, 6.45) is 1.07. The lowest BCUT2D eigenvalue weighted by molar-refractivity contribution is -0.121. The normalized spacial score (nSPS) is 12.3. The van der Waals surface area contributed by atoms with E-state index < -0.39 is 22.0 Å². The summed E-state index contributed by atoms with van der Waals surface area (Å²) in [6.45, 7) is 7.87. The van der Waals surface area contributed by atoms with E-state index in [9.17, 15) is 13.2 Å². The van der Waals surface area contributed by atoms with Crippen molar-refractivity contribution in [3.05, 3.63) is 58.1 Å². The molecule has 0 aromatic heterocycles. The molecule has 0 saturated carbocycles. The molecule has 6 nitrogen and oxygen atoms in total. The number of hydrogen-bond acceptors (Lipinski definition) is 4. The molecule has 1 N–H and O–H groups in total. The minimum absolute atomic E-state index is 0.252. The van der Waals surface area contributed by atoms with E-state index in [1.54, 1.807) is 32.0 Å². The van der Waals surface area contributed by atoms with Crippen LogP contribution in [0, 0.1) is 20.8 Å². The first-order valence-corrected chi connectivity index (χ1v) is 11.5. The lowest BCUT2D eigenvalue weighted by atomic mass is 10.1. The summed E-state index contributed by atoms with van der Waals surface area (Å²) in [7, 11) is -3.70. The van der Waals surface area contributed by atoms with Gasteiger partial charge in [0.2, 0.25) is 15.9 Å². The van der Waals surface area contributed by atoms with E-state index >= 15 is 0 Å². The number of benzene rings is 2. The van der Waals surface area contributed by atoms with E-state index in [0.717, 1.165) is 21.9 Å². The molecule has 0 saturated heterocycles. The lowest BCUT2D eigenvalue weighted by Gasteiger charge is -2.29. The van der Waals surface area contributed by atoms with E-state index in [1.165, 1.54) is 5.56 Å². The molecule has 1 atom stereocenters. The number of nitrogens with one attached hydrogen (secondary N) is 1. The molecule has 2 rings (SSSR count). The number of halogens is 1. The summed E-state index contributed by atoms with van der Waals surface area (Å²) < 4.78 is 31.5. The van der Waals surface area contributed by atoms with Gasteiger partial charge in [-0.3, -0.25) is 9.10 Å². The van der Waals surface area contributed by atoms with Gasteiger partial charge < -0.3 is 10.1 Å². The minimum Gasteiger partial charge on any atom is -0.492 e. The number of ether oxygens (including phenoxy) is 1. The quantitative estimate of drug-likeness (QED) is 0.639. The molecule has 0 spiro atoms. The first kappa shape index (κ1) is 23.0. The summed E-state index contributed by atoms with van der Waals surface area (Å²) in [5.41, 5.74) is 3.39. The van der Waals surface area contributed by atoms with Crippen molar-refractivity contribution in [3.63, 3.8) is 0 Å². The molecule has 2 aromatic rings. The molecule has 0 aliphatic heterocycles. The Morgan fingerprint density at radius 2 is 1.76 bits per heavy atom. The fourth-order valence-electron chi connectivity index (χ4n) is 2.90. The fourth-order valence-corrected chi connectivity index (χ4v) is 4.29. The monoisotopic (exact) mass is 438 g/mol. The minimum atomic E-state index is -3.70. The molecule has 29 heavy (non-hydrogen) atoms. The van der Waals surface area contributed by atoms with Crippen molar-refractivity contribution in [1.29, 1.82) is 0 Å². The van der Waals surface area contributed by atoms with Crippen LogP contribution in [0.5, 0.6) is 5.75 Å². The number of amides is 1. The van der Waals surface area contributed by atoms with Crippen molar-refractivity contribution in [1.82, 2.24) is 5.32 Å². The lowest BCUT2D eigenvalue weighted by Crippen LogP contribution is -2.48. The van der Waals surface area contributed by atoms with Crippen LogP contribution in [-0.4, -0.2) is 39.8 Å². The van der Waals surface area contributed by atoms with Crippen molar-refractivity contribution >= 4 is 33.2 Å². The Morgan fingerprint density at radius 1 is 1.10 bits per heavy atom. The highest BCUT2D eigenvalue weighted by atomic mass is 35.5. The van der Waals surface area contributed by atoms with Gasteiger partial charge in [-0.05, 0) is 68.7 Å². The highest BCUT2D eigenvalue weighted by Crippen LogP contribution is 2.28. The average Bonchev–Trinajstić information content (AvgIpc) is 2.63. The third kappa shape index (κ3) is 6.11. The highest BCUT2D eigenvalue weighted by Gasteiger charge is 2.30. The molecule has 8 heteroatoms. The Bertz CT molecular complexity index is 992. The Hall–Kier alpha value is -2.25. The van der Waals surface area contributed by atoms with Gasteiger partial charge in [0.1, 0.15) is 18.4 Å². The number of hydrogen-bond donors (Lipinski definition) is 1. The maximum Gasteiger partial charge on any atom is 0.243 e. The molecule has 0 radical (unpaired) electrons. The second-order valence-electron chi connectivity index (χ2n) is 7.05. The molecule has 158 valence electrons. The zero-order valence-electron chi connectivity index (χ0n) is 17.3. The first-order valence-electron chi connectivity index (χ1n) is 9.24. The number of anilines is 1. The maximum atomic E-state index is 12.6. The van der Waals surface area contributed by atoms with Crippen molar-refractivity contribution in [2.45, 2.75) is 33.7 Å². The third-order valence-electron chi connectivity index (χ3n) is 4.65. The smallest absolute Gasteiger partial charge is 0.243 e. The van der Waals surface area contributed by atoms with Crippen LogP contribution in [0.1, 0.15) is 23.6 Å². The van der Waals surface area contributed by atoms with Crippen molar-refractivity contribution in [3.8, 4) is 5.75 Å². The molecule has 1 amide bonds. The van der Waals surface area contributed by atoms with Crippen LogP contribution in [0.3, 0.4) is 0 Å². The topological polar surface area (TPSA) is 75.7 Å². The average molecular weight is 439 g/mol. The van der Waals surface area contributed by atoms with Gasteiger partial charge in [0.05, 0.1) is 18.5 Å². The molecule has 0 heterocycles. The molecule has 0 aliphatic carbocycles. The zero-order valence-corrected chi connectivity index (χ0v) is 18.9. The van der Waals surface area contributed by atoms with Crippen LogP contribution in [0.2, 0.25) is 5.02 Å². The molecule has 0 bridgehead atoms. The standard InChI is InChI=1S/C21H27ClN2O4S/c1-14-7-9-19(12-16(14)3)28-11-10-23-21(25)17(4)24(29(5,26)27)20-13-18(22)8-6-15(20)2/h6-9,12-13,17H,10-11H2,1-5H3,(H,23,25)/t17-/m0/s1. The van der Waals surface area contributed by atoms with Gasteiger partial charge in [0, 0.05) is 5.02 Å². The van der Waals surface area contributed by atoms with Crippen LogP contribution in [0.15, 0.2) is 36.4 Å². The van der Waals surface area contributed by atoms with Gasteiger partial charge in [0.25, 0.3) is 0 Å². The molecule has 0 aliphatic rings. The molecule has 0 fully saturated rings. The molecule has 2 aromatic carbocycles. The molecular weight excluding hydrogens is 412 g/mol. The predicted octanol–water partition coefficient (Wildman–Crippen LogP) is 3.61. The van der Waals surface area contributed by atoms with Gasteiger partial charge in [-0.25, -0.2) is 8.42 Å². The summed E-state index contributed by atoms with van der Waals surface area (Å²) in [5.74, 6) is 0.307. The van der Waals surface area contributed by atoms with E-state index in [4.69, 9.17) is 16.3 Å². The number of rotatable bonds is 8. The first-order chi connectivity index (χ1) is 13.5. The number of nitrogens with zero attached hydrogens (tertiary/aromatic N) is 1. The maximum absolute atomic E-state index is 12.6. The molecular formula is C21H27ClN2O4S. The van der Waals surface area contributed by atoms with Gasteiger partial charge >= 0.3 is 0 Å². The van der Waals surface area contributed by atoms with Crippen LogP contribution >= 0.6 is 11.6 Å². The Kier molecular flexibility index (Phi) is 7.54. The van der Waals surface area contributed by atoms with Gasteiger partial charge in [0.15, 0.2) is 0 Å². The van der Waals surface area contributed by atoms with Crippen molar-refractivity contribution in [2.75, 3.05) is 23.7 Å². The van der Waals surface area contributed by atoms with E-state index in [0.29, 0.717) is 16.3 Å². The number of aryl methyl sites for hydroxylation is 3. The highest BCUT2D eigenvalue weighted by molar-refractivity contribution is 7.92. The van der Waals surface area contributed by atoms with Gasteiger partial charge in [-0.2, -0.15) is 0 Å². The Morgan fingerprint density at radius 3 is 2.38 bits per heavy atom. The summed E-state index contributed by atoms with van der Waals surface area (Å²) in [6, 6.07) is 9.79. The fraction of sp³-hybridized carbons (Fsp3) is 0.381. The van der Waals surface area contributed by atoms with E-state index in [2.05, 4.69) is 5.32 Å². The third-order valence-corrected chi connectivity index (χ3v) is 6.11. The van der Waals surface area contributed by atoms with Crippen LogP contribution in [-0.2, 0) is 14.8 Å². The second-order valence-corrected chi connectivity index (χ2v) is 9.35.